The van der Waals surface area contributed by atoms with Gasteiger partial charge in [0.25, 0.3) is 0 Å². The maximum atomic E-state index is 6.17. The molecule has 1 heterocycles. The Hall–Kier alpha value is -1.39. The SMILES string of the molecule is Cc1ccc(-n2cc(CCCN)nn2)c(Cl)c1. The van der Waals surface area contributed by atoms with Crippen molar-refractivity contribution in [1.82, 2.24) is 15.0 Å². The zero-order valence-electron chi connectivity index (χ0n) is 9.73. The molecule has 0 unspecified atom stereocenters. The number of nitrogens with zero attached hydrogens (tertiary/aromatic N) is 3. The second-order valence-corrected chi connectivity index (χ2v) is 4.41. The molecule has 17 heavy (non-hydrogen) atoms. The second kappa shape index (κ2) is 5.29. The number of benzene rings is 1. The van der Waals surface area contributed by atoms with E-state index in [-0.39, 0.29) is 0 Å². The van der Waals surface area contributed by atoms with Gasteiger partial charge in [0, 0.05) is 0 Å². The van der Waals surface area contributed by atoms with Crippen molar-refractivity contribution >= 4 is 11.6 Å². The van der Waals surface area contributed by atoms with E-state index >= 15 is 0 Å². The molecule has 2 aromatic rings. The van der Waals surface area contributed by atoms with Crippen molar-refractivity contribution in [2.24, 2.45) is 5.73 Å². The summed E-state index contributed by atoms with van der Waals surface area (Å²) in [6.45, 7) is 2.67. The van der Waals surface area contributed by atoms with Crippen LogP contribution in [0.2, 0.25) is 5.02 Å². The summed E-state index contributed by atoms with van der Waals surface area (Å²) < 4.78 is 1.70. The molecule has 1 aromatic carbocycles. The summed E-state index contributed by atoms with van der Waals surface area (Å²) in [7, 11) is 0. The molecule has 4 nitrogen and oxygen atoms in total. The van der Waals surface area contributed by atoms with Crippen LogP contribution < -0.4 is 5.73 Å². The number of aromatic nitrogens is 3. The van der Waals surface area contributed by atoms with Crippen molar-refractivity contribution in [3.8, 4) is 5.69 Å². The molecule has 0 spiro atoms. The highest BCUT2D eigenvalue weighted by molar-refractivity contribution is 6.32. The highest BCUT2D eigenvalue weighted by Crippen LogP contribution is 2.21. The Labute approximate surface area is 105 Å². The molecule has 0 aliphatic carbocycles. The van der Waals surface area contributed by atoms with Crippen LogP contribution in [-0.4, -0.2) is 21.5 Å². The van der Waals surface area contributed by atoms with Gasteiger partial charge in [-0.3, -0.25) is 0 Å². The van der Waals surface area contributed by atoms with Crippen LogP contribution in [0.15, 0.2) is 24.4 Å². The fourth-order valence-electron chi connectivity index (χ4n) is 1.61. The van der Waals surface area contributed by atoms with E-state index in [1.54, 1.807) is 4.68 Å². The van der Waals surface area contributed by atoms with Crippen molar-refractivity contribution in [2.75, 3.05) is 6.54 Å². The van der Waals surface area contributed by atoms with Gasteiger partial charge in [0.15, 0.2) is 0 Å². The molecule has 5 heteroatoms. The fourth-order valence-corrected chi connectivity index (χ4v) is 1.93. The van der Waals surface area contributed by atoms with E-state index in [0.29, 0.717) is 11.6 Å². The van der Waals surface area contributed by atoms with Crippen LogP contribution in [0.3, 0.4) is 0 Å². The minimum Gasteiger partial charge on any atom is -0.330 e. The third-order valence-electron chi connectivity index (χ3n) is 2.53. The minimum atomic E-state index is 0.665. The van der Waals surface area contributed by atoms with Gasteiger partial charge in [-0.15, -0.1) is 5.10 Å². The smallest absolute Gasteiger partial charge is 0.0849 e. The van der Waals surface area contributed by atoms with E-state index in [0.717, 1.165) is 29.8 Å². The van der Waals surface area contributed by atoms with Crippen LogP contribution in [0, 0.1) is 6.92 Å². The highest BCUT2D eigenvalue weighted by atomic mass is 35.5. The largest absolute Gasteiger partial charge is 0.330 e. The van der Waals surface area contributed by atoms with Gasteiger partial charge < -0.3 is 5.73 Å². The number of aryl methyl sites for hydroxylation is 2. The van der Waals surface area contributed by atoms with Crippen molar-refractivity contribution in [1.29, 1.82) is 0 Å². The van der Waals surface area contributed by atoms with Gasteiger partial charge in [-0.2, -0.15) is 0 Å². The molecule has 0 aliphatic heterocycles. The third-order valence-corrected chi connectivity index (χ3v) is 2.83. The van der Waals surface area contributed by atoms with E-state index in [1.165, 1.54) is 0 Å². The molecule has 90 valence electrons. The van der Waals surface area contributed by atoms with Crippen LogP contribution in [0.1, 0.15) is 17.7 Å². The van der Waals surface area contributed by atoms with Crippen LogP contribution >= 0.6 is 11.6 Å². The van der Waals surface area contributed by atoms with Gasteiger partial charge in [0.2, 0.25) is 0 Å². The Kier molecular flexibility index (Phi) is 3.76. The fraction of sp³-hybridized carbons (Fsp3) is 0.333. The molecule has 0 aliphatic rings. The lowest BCUT2D eigenvalue weighted by Gasteiger charge is -2.03. The maximum absolute atomic E-state index is 6.17. The number of rotatable bonds is 4. The van der Waals surface area contributed by atoms with Gasteiger partial charge in [-0.1, -0.05) is 22.9 Å². The summed E-state index contributed by atoms with van der Waals surface area (Å²) >= 11 is 6.17. The predicted molar refractivity (Wildman–Crippen MR) is 68.5 cm³/mol. The number of hydrogen-bond donors (Lipinski definition) is 1. The summed E-state index contributed by atoms with van der Waals surface area (Å²) in [5, 5.41) is 8.84. The van der Waals surface area contributed by atoms with E-state index in [9.17, 15) is 0 Å². The lowest BCUT2D eigenvalue weighted by atomic mass is 10.2. The molecular weight excluding hydrogens is 236 g/mol. The first-order chi connectivity index (χ1) is 8.20. The first-order valence-corrected chi connectivity index (χ1v) is 5.96. The van der Waals surface area contributed by atoms with E-state index in [1.807, 2.05) is 31.3 Å². The second-order valence-electron chi connectivity index (χ2n) is 4.00. The van der Waals surface area contributed by atoms with E-state index < -0.39 is 0 Å². The van der Waals surface area contributed by atoms with Crippen LogP contribution in [0.4, 0.5) is 0 Å². The van der Waals surface area contributed by atoms with Crippen LogP contribution in [0.5, 0.6) is 0 Å². The van der Waals surface area contributed by atoms with Crippen molar-refractivity contribution in [3.05, 3.63) is 40.7 Å². The summed E-state index contributed by atoms with van der Waals surface area (Å²) in [5.74, 6) is 0. The highest BCUT2D eigenvalue weighted by Gasteiger charge is 2.06. The molecule has 2 rings (SSSR count). The van der Waals surface area contributed by atoms with Crippen molar-refractivity contribution in [2.45, 2.75) is 19.8 Å². The standard InChI is InChI=1S/C12H15ClN4/c1-9-4-5-12(11(13)7-9)17-8-10(15-16-17)3-2-6-14/h4-5,7-8H,2-3,6,14H2,1H3. The van der Waals surface area contributed by atoms with Crippen LogP contribution in [0.25, 0.3) is 5.69 Å². The molecule has 0 fully saturated rings. The minimum absolute atomic E-state index is 0.665. The lowest BCUT2D eigenvalue weighted by molar-refractivity contribution is 0.779. The normalized spacial score (nSPS) is 10.8. The molecule has 0 amide bonds. The Morgan fingerprint density at radius 3 is 2.94 bits per heavy atom. The summed E-state index contributed by atoms with van der Waals surface area (Å²) in [5.41, 5.74) is 8.37. The van der Waals surface area contributed by atoms with E-state index in [2.05, 4.69) is 10.3 Å². The summed E-state index contributed by atoms with van der Waals surface area (Å²) in [6, 6.07) is 5.86. The molecule has 0 saturated carbocycles. The number of halogens is 1. The predicted octanol–water partition coefficient (Wildman–Crippen LogP) is 2.12. The van der Waals surface area contributed by atoms with Gasteiger partial charge >= 0.3 is 0 Å². The molecule has 0 atom stereocenters. The van der Waals surface area contributed by atoms with E-state index in [4.69, 9.17) is 17.3 Å². The molecule has 2 N–H and O–H groups in total. The topological polar surface area (TPSA) is 56.7 Å². The zero-order valence-corrected chi connectivity index (χ0v) is 10.5. The number of nitrogens with two attached hydrogens (primary N) is 1. The average Bonchev–Trinajstić information content (AvgIpc) is 2.75. The van der Waals surface area contributed by atoms with Gasteiger partial charge in [0.1, 0.15) is 0 Å². The first-order valence-electron chi connectivity index (χ1n) is 5.58. The molecular formula is C12H15ClN4. The Bertz CT molecular complexity index is 507. The zero-order chi connectivity index (χ0) is 12.3. The lowest BCUT2D eigenvalue weighted by Crippen LogP contribution is -2.00. The summed E-state index contributed by atoms with van der Waals surface area (Å²) in [6.07, 6.45) is 3.66. The molecule has 1 aromatic heterocycles. The van der Waals surface area contributed by atoms with Crippen LogP contribution in [-0.2, 0) is 6.42 Å². The van der Waals surface area contributed by atoms with Gasteiger partial charge in [0.05, 0.1) is 22.6 Å². The van der Waals surface area contributed by atoms with Crippen molar-refractivity contribution in [3.63, 3.8) is 0 Å². The Morgan fingerprint density at radius 2 is 2.24 bits per heavy atom. The molecule has 0 radical (unpaired) electrons. The summed E-state index contributed by atoms with van der Waals surface area (Å²) in [4.78, 5) is 0. The third kappa shape index (κ3) is 2.84. The van der Waals surface area contributed by atoms with Crippen molar-refractivity contribution < 1.29 is 0 Å². The molecule has 0 bridgehead atoms. The Balaban J connectivity index is 2.24. The monoisotopic (exact) mass is 250 g/mol. The Morgan fingerprint density at radius 1 is 1.41 bits per heavy atom. The van der Waals surface area contributed by atoms with Gasteiger partial charge in [-0.25, -0.2) is 4.68 Å². The van der Waals surface area contributed by atoms with Gasteiger partial charge in [-0.05, 0) is 44.0 Å². The quantitative estimate of drug-likeness (QED) is 0.904. The molecule has 0 saturated heterocycles. The first kappa shape index (κ1) is 12.1. The number of hydrogen-bond acceptors (Lipinski definition) is 3. The maximum Gasteiger partial charge on any atom is 0.0849 e. The average molecular weight is 251 g/mol.